The van der Waals surface area contributed by atoms with Gasteiger partial charge < -0.3 is 20.5 Å². The Labute approximate surface area is 196 Å². The minimum absolute atomic E-state index is 0.00706. The number of nitrogens with one attached hydrogen (secondary N) is 2. The third-order valence-electron chi connectivity index (χ3n) is 6.59. The van der Waals surface area contributed by atoms with Gasteiger partial charge in [0, 0.05) is 17.9 Å². The third kappa shape index (κ3) is 4.12. The fourth-order valence-electron chi connectivity index (χ4n) is 4.77. The molecule has 3 aromatic rings. The summed E-state index contributed by atoms with van der Waals surface area (Å²) in [6.07, 6.45) is 0.457. The molecule has 0 bridgehead atoms. The van der Waals surface area contributed by atoms with Crippen LogP contribution in [0.3, 0.4) is 0 Å². The van der Waals surface area contributed by atoms with E-state index in [4.69, 9.17) is 4.74 Å². The zero-order chi connectivity index (χ0) is 23.7. The Bertz CT molecular complexity index is 1220. The second-order valence-electron chi connectivity index (χ2n) is 8.68. The number of carbonyl (C=O) groups excluding carboxylic acids is 2. The number of para-hydroxylation sites is 1. The number of aromatic carboxylic acids is 1. The number of carboxylic acids is 1. The van der Waals surface area contributed by atoms with Gasteiger partial charge in [0.25, 0.3) is 0 Å². The Hall–Kier alpha value is -4.13. The summed E-state index contributed by atoms with van der Waals surface area (Å²) in [5.74, 6) is -1.65. The van der Waals surface area contributed by atoms with Gasteiger partial charge in [0.05, 0.1) is 11.3 Å². The SMILES string of the molecule is O=C(NC1CC(C(=O)Nc2ccccc2C(=O)O)C1)OCC1c2ccccc2-c2ccccc21. The van der Waals surface area contributed by atoms with Crippen LogP contribution in [0.1, 0.15) is 40.2 Å². The molecular formula is C27H24N2O5. The van der Waals surface area contributed by atoms with E-state index in [0.29, 0.717) is 12.8 Å². The molecule has 1 saturated carbocycles. The van der Waals surface area contributed by atoms with Gasteiger partial charge in [-0.25, -0.2) is 9.59 Å². The van der Waals surface area contributed by atoms with Crippen LogP contribution in [0.15, 0.2) is 72.8 Å². The number of amides is 2. The van der Waals surface area contributed by atoms with Gasteiger partial charge in [0.2, 0.25) is 5.91 Å². The van der Waals surface area contributed by atoms with Gasteiger partial charge in [0.1, 0.15) is 6.61 Å². The molecule has 7 heteroatoms. The van der Waals surface area contributed by atoms with Crippen molar-refractivity contribution in [1.29, 1.82) is 0 Å². The zero-order valence-corrected chi connectivity index (χ0v) is 18.4. The number of hydrogen-bond donors (Lipinski definition) is 3. The first-order chi connectivity index (χ1) is 16.5. The van der Waals surface area contributed by atoms with E-state index in [2.05, 4.69) is 34.9 Å². The molecule has 172 valence electrons. The topological polar surface area (TPSA) is 105 Å². The van der Waals surface area contributed by atoms with E-state index in [-0.39, 0.29) is 41.6 Å². The summed E-state index contributed by atoms with van der Waals surface area (Å²) in [7, 11) is 0. The van der Waals surface area contributed by atoms with Crippen LogP contribution >= 0.6 is 0 Å². The summed E-state index contributed by atoms with van der Waals surface area (Å²) in [4.78, 5) is 36.2. The monoisotopic (exact) mass is 456 g/mol. The van der Waals surface area contributed by atoms with Crippen LogP contribution in [0.4, 0.5) is 10.5 Å². The van der Waals surface area contributed by atoms with Crippen molar-refractivity contribution in [2.75, 3.05) is 11.9 Å². The molecule has 0 aliphatic heterocycles. The molecular weight excluding hydrogens is 432 g/mol. The van der Waals surface area contributed by atoms with E-state index in [1.54, 1.807) is 18.2 Å². The number of anilines is 1. The van der Waals surface area contributed by atoms with Crippen LogP contribution in [0.5, 0.6) is 0 Å². The molecule has 34 heavy (non-hydrogen) atoms. The number of alkyl carbamates (subject to hydrolysis) is 1. The van der Waals surface area contributed by atoms with E-state index in [9.17, 15) is 19.5 Å². The van der Waals surface area contributed by atoms with Crippen molar-refractivity contribution in [1.82, 2.24) is 5.32 Å². The molecule has 7 nitrogen and oxygen atoms in total. The smallest absolute Gasteiger partial charge is 0.407 e. The summed E-state index contributed by atoms with van der Waals surface area (Å²) in [6.45, 7) is 0.239. The second kappa shape index (κ2) is 9.02. The summed E-state index contributed by atoms with van der Waals surface area (Å²) < 4.78 is 5.56. The van der Waals surface area contributed by atoms with Crippen molar-refractivity contribution in [3.8, 4) is 11.1 Å². The number of benzene rings is 3. The van der Waals surface area contributed by atoms with E-state index < -0.39 is 12.1 Å². The number of carbonyl (C=O) groups is 3. The molecule has 2 amide bonds. The molecule has 1 fully saturated rings. The maximum atomic E-state index is 12.5. The first-order valence-corrected chi connectivity index (χ1v) is 11.3. The first-order valence-electron chi connectivity index (χ1n) is 11.3. The number of rotatable bonds is 6. The largest absolute Gasteiger partial charge is 0.478 e. The van der Waals surface area contributed by atoms with Crippen molar-refractivity contribution in [3.63, 3.8) is 0 Å². The lowest BCUT2D eigenvalue weighted by atomic mass is 9.79. The van der Waals surface area contributed by atoms with Gasteiger partial charge in [-0.2, -0.15) is 0 Å². The van der Waals surface area contributed by atoms with Gasteiger partial charge in [-0.1, -0.05) is 60.7 Å². The van der Waals surface area contributed by atoms with Crippen LogP contribution in [-0.4, -0.2) is 35.7 Å². The molecule has 0 atom stereocenters. The highest BCUT2D eigenvalue weighted by atomic mass is 16.5. The lowest BCUT2D eigenvalue weighted by Gasteiger charge is -2.34. The number of hydrogen-bond acceptors (Lipinski definition) is 4. The van der Waals surface area contributed by atoms with Crippen LogP contribution < -0.4 is 10.6 Å². The second-order valence-corrected chi connectivity index (χ2v) is 8.68. The van der Waals surface area contributed by atoms with E-state index in [1.807, 2.05) is 24.3 Å². The molecule has 3 N–H and O–H groups in total. The predicted octanol–water partition coefficient (Wildman–Crippen LogP) is 4.64. The summed E-state index contributed by atoms with van der Waals surface area (Å²) in [6, 6.07) is 22.4. The summed E-state index contributed by atoms with van der Waals surface area (Å²) >= 11 is 0. The summed E-state index contributed by atoms with van der Waals surface area (Å²) in [5.41, 5.74) is 4.96. The standard InChI is InChI=1S/C27H24N2O5/c30-25(29-24-12-6-5-11-22(24)26(31)32)16-13-17(14-16)28-27(33)34-15-23-20-9-3-1-7-18(20)19-8-2-4-10-21(19)23/h1-12,16-17,23H,13-15H2,(H,28,33)(H,29,30)(H,31,32). The highest BCUT2D eigenvalue weighted by molar-refractivity contribution is 6.01. The number of fused-ring (bicyclic) bond motifs is 3. The van der Waals surface area contributed by atoms with Gasteiger partial charge in [0.15, 0.2) is 0 Å². The lowest BCUT2D eigenvalue weighted by molar-refractivity contribution is -0.122. The van der Waals surface area contributed by atoms with Gasteiger partial charge in [-0.15, -0.1) is 0 Å². The molecule has 3 aromatic carbocycles. The van der Waals surface area contributed by atoms with Crippen LogP contribution in [-0.2, 0) is 9.53 Å². The van der Waals surface area contributed by atoms with Gasteiger partial charge >= 0.3 is 12.1 Å². The first kappa shape index (κ1) is 21.7. The van der Waals surface area contributed by atoms with E-state index >= 15 is 0 Å². The Morgan fingerprint density at radius 3 is 2.09 bits per heavy atom. The molecule has 5 rings (SSSR count). The minimum atomic E-state index is -1.10. The lowest BCUT2D eigenvalue weighted by Crippen LogP contribution is -2.48. The van der Waals surface area contributed by atoms with Gasteiger partial charge in [-0.3, -0.25) is 4.79 Å². The molecule has 2 aliphatic carbocycles. The molecule has 0 spiro atoms. The normalized spacial score (nSPS) is 18.2. The van der Waals surface area contributed by atoms with Crippen LogP contribution in [0.2, 0.25) is 0 Å². The quantitative estimate of drug-likeness (QED) is 0.501. The Morgan fingerprint density at radius 1 is 0.853 bits per heavy atom. The molecule has 2 aliphatic rings. The number of ether oxygens (including phenoxy) is 1. The van der Waals surface area contributed by atoms with Crippen molar-refractivity contribution in [2.45, 2.75) is 24.8 Å². The Kier molecular flexibility index (Phi) is 5.76. The molecule has 0 aromatic heterocycles. The molecule has 0 unspecified atom stereocenters. The predicted molar refractivity (Wildman–Crippen MR) is 127 cm³/mol. The average molecular weight is 456 g/mol. The zero-order valence-electron chi connectivity index (χ0n) is 18.4. The van der Waals surface area contributed by atoms with E-state index in [0.717, 1.165) is 11.1 Å². The Morgan fingerprint density at radius 2 is 1.44 bits per heavy atom. The highest BCUT2D eigenvalue weighted by Crippen LogP contribution is 2.44. The Balaban J connectivity index is 1.12. The van der Waals surface area contributed by atoms with E-state index in [1.165, 1.54) is 17.2 Å². The van der Waals surface area contributed by atoms with Crippen LogP contribution in [0.25, 0.3) is 11.1 Å². The number of carboxylic acid groups (broad SMARTS) is 1. The van der Waals surface area contributed by atoms with Crippen molar-refractivity contribution >= 4 is 23.7 Å². The molecule has 0 saturated heterocycles. The highest BCUT2D eigenvalue weighted by Gasteiger charge is 2.36. The maximum Gasteiger partial charge on any atom is 0.407 e. The minimum Gasteiger partial charge on any atom is -0.478 e. The van der Waals surface area contributed by atoms with Crippen molar-refractivity contribution in [3.05, 3.63) is 89.5 Å². The van der Waals surface area contributed by atoms with Crippen molar-refractivity contribution < 1.29 is 24.2 Å². The van der Waals surface area contributed by atoms with Crippen molar-refractivity contribution in [2.24, 2.45) is 5.92 Å². The summed E-state index contributed by atoms with van der Waals surface area (Å²) in [5, 5.41) is 14.8. The third-order valence-corrected chi connectivity index (χ3v) is 6.59. The molecule has 0 radical (unpaired) electrons. The maximum absolute atomic E-state index is 12.5. The van der Waals surface area contributed by atoms with Crippen LogP contribution in [0, 0.1) is 5.92 Å². The fraction of sp³-hybridized carbons (Fsp3) is 0.222. The molecule has 0 heterocycles. The van der Waals surface area contributed by atoms with Gasteiger partial charge in [-0.05, 0) is 47.2 Å². The average Bonchev–Trinajstić information content (AvgIpc) is 3.13. The fourth-order valence-corrected chi connectivity index (χ4v) is 4.77.